The molecule has 0 aliphatic heterocycles. The average Bonchev–Trinajstić information content (AvgIpc) is 1.51. The first-order valence-corrected chi connectivity index (χ1v) is 33.9. The predicted molar refractivity (Wildman–Crippen MR) is 419 cm³/mol. The molecule has 3 heterocycles. The summed E-state index contributed by atoms with van der Waals surface area (Å²) in [5, 5.41) is 22.0. The second kappa shape index (κ2) is 24.0. The van der Waals surface area contributed by atoms with E-state index in [4.69, 9.17) is 13.3 Å². The first kappa shape index (κ1) is 57.4. The van der Waals surface area contributed by atoms with Crippen molar-refractivity contribution in [3.8, 4) is 66.8 Å². The molecule has 462 valence electrons. The molecular formula is C96H60O3. The van der Waals surface area contributed by atoms with E-state index in [1.165, 1.54) is 126 Å². The van der Waals surface area contributed by atoms with Gasteiger partial charge >= 0.3 is 0 Å². The van der Waals surface area contributed by atoms with Gasteiger partial charge in [0.1, 0.15) is 33.5 Å². The molecule has 21 rings (SSSR count). The number of fused-ring (bicyclic) bond motifs is 15. The number of hydrogen-bond acceptors (Lipinski definition) is 3. The van der Waals surface area contributed by atoms with Crippen LogP contribution in [0.25, 0.3) is 197 Å². The summed E-state index contributed by atoms with van der Waals surface area (Å²) in [7, 11) is 0. The van der Waals surface area contributed by atoms with Crippen molar-refractivity contribution in [2.75, 3.05) is 0 Å². The van der Waals surface area contributed by atoms with Crippen LogP contribution < -0.4 is 0 Å². The summed E-state index contributed by atoms with van der Waals surface area (Å²) in [5.74, 6) is 0. The van der Waals surface area contributed by atoms with Gasteiger partial charge in [0.2, 0.25) is 0 Å². The number of hydrogen-bond donors (Lipinski definition) is 0. The quantitative estimate of drug-likeness (QED) is 0.156. The summed E-state index contributed by atoms with van der Waals surface area (Å²) in [5.41, 5.74) is 20.4. The summed E-state index contributed by atoms with van der Waals surface area (Å²) in [6.07, 6.45) is 0. The molecule has 21 aromatic rings. The number of furan rings is 3. The van der Waals surface area contributed by atoms with Crippen molar-refractivity contribution in [3.63, 3.8) is 0 Å². The van der Waals surface area contributed by atoms with Crippen molar-refractivity contribution in [3.05, 3.63) is 364 Å². The van der Waals surface area contributed by atoms with Gasteiger partial charge in [0.25, 0.3) is 0 Å². The Morgan fingerprint density at radius 1 is 0.131 bits per heavy atom. The van der Waals surface area contributed by atoms with Crippen LogP contribution in [0.5, 0.6) is 0 Å². The van der Waals surface area contributed by atoms with Gasteiger partial charge in [-0.2, -0.15) is 0 Å². The first-order chi connectivity index (χ1) is 49.2. The summed E-state index contributed by atoms with van der Waals surface area (Å²) >= 11 is 0. The van der Waals surface area contributed by atoms with Gasteiger partial charge in [0, 0.05) is 43.4 Å². The fraction of sp³-hybridized carbons (Fsp3) is 0. The van der Waals surface area contributed by atoms with Crippen molar-refractivity contribution in [1.29, 1.82) is 0 Å². The van der Waals surface area contributed by atoms with Crippen LogP contribution in [0, 0.1) is 0 Å². The molecule has 0 saturated heterocycles. The molecule has 3 aromatic heterocycles. The molecule has 3 heteroatoms. The monoisotopic (exact) mass is 1260 g/mol. The second-order valence-corrected chi connectivity index (χ2v) is 25.5. The van der Waals surface area contributed by atoms with Crippen LogP contribution in [0.15, 0.2) is 377 Å². The maximum absolute atomic E-state index is 6.45. The van der Waals surface area contributed by atoms with E-state index in [-0.39, 0.29) is 0 Å². The SMILES string of the molecule is c1ccc(-c2c3ccccc3c(-c3ccc4c(c3)oc3ccccc34)c3ccccc23)cc1.c1ccc(-c2c3ccccc3c(-c3ccc4oc5ccccc5c4c3)c3ccccc23)cc1.c1ccc(-c2c3ccccc3c(-c3cccc4c3oc3ccccc34)c3ccccc23)cc1. The van der Waals surface area contributed by atoms with E-state index in [1.807, 2.05) is 36.4 Å². The maximum atomic E-state index is 6.45. The minimum absolute atomic E-state index is 0.925. The Hall–Kier alpha value is -13.1. The lowest BCUT2D eigenvalue weighted by atomic mass is 9.85. The lowest BCUT2D eigenvalue weighted by molar-refractivity contribution is 0.668. The summed E-state index contributed by atoms with van der Waals surface area (Å²) in [6.45, 7) is 0. The van der Waals surface area contributed by atoms with Crippen LogP contribution in [-0.2, 0) is 0 Å². The van der Waals surface area contributed by atoms with Crippen LogP contribution >= 0.6 is 0 Å². The van der Waals surface area contributed by atoms with Gasteiger partial charge in [-0.05, 0) is 163 Å². The van der Waals surface area contributed by atoms with Crippen molar-refractivity contribution in [2.24, 2.45) is 0 Å². The largest absolute Gasteiger partial charge is 0.456 e. The lowest BCUT2D eigenvalue weighted by Crippen LogP contribution is -1.90. The highest BCUT2D eigenvalue weighted by Crippen LogP contribution is 2.49. The molecule has 0 saturated carbocycles. The van der Waals surface area contributed by atoms with Gasteiger partial charge in [-0.25, -0.2) is 0 Å². The Labute approximate surface area is 570 Å². The van der Waals surface area contributed by atoms with E-state index in [0.717, 1.165) is 71.4 Å². The molecule has 0 aliphatic rings. The third kappa shape index (κ3) is 9.65. The molecule has 0 fully saturated rings. The van der Waals surface area contributed by atoms with Crippen molar-refractivity contribution in [1.82, 2.24) is 0 Å². The fourth-order valence-corrected chi connectivity index (χ4v) is 15.8. The van der Waals surface area contributed by atoms with E-state index in [2.05, 4.69) is 328 Å². The number of benzene rings is 18. The highest BCUT2D eigenvalue weighted by Gasteiger charge is 2.23. The van der Waals surface area contributed by atoms with Crippen LogP contribution in [0.4, 0.5) is 0 Å². The highest BCUT2D eigenvalue weighted by atomic mass is 16.3. The zero-order chi connectivity index (χ0) is 65.3. The molecule has 0 N–H and O–H groups in total. The van der Waals surface area contributed by atoms with Gasteiger partial charge in [-0.1, -0.05) is 322 Å². The minimum atomic E-state index is 0.925. The Kier molecular flexibility index (Phi) is 13.9. The highest BCUT2D eigenvalue weighted by molar-refractivity contribution is 6.26. The van der Waals surface area contributed by atoms with Crippen molar-refractivity contribution >= 4 is 130 Å². The van der Waals surface area contributed by atoms with Gasteiger partial charge in [0.05, 0.1) is 0 Å². The molecule has 0 spiro atoms. The molecule has 0 unspecified atom stereocenters. The molecule has 0 amide bonds. The van der Waals surface area contributed by atoms with Crippen LogP contribution in [0.2, 0.25) is 0 Å². The number of rotatable bonds is 6. The zero-order valence-electron chi connectivity index (χ0n) is 53.9. The average molecular weight is 1260 g/mol. The molecule has 3 nitrogen and oxygen atoms in total. The van der Waals surface area contributed by atoms with Gasteiger partial charge < -0.3 is 13.3 Å². The number of para-hydroxylation sites is 4. The van der Waals surface area contributed by atoms with Crippen molar-refractivity contribution < 1.29 is 13.3 Å². The summed E-state index contributed by atoms with van der Waals surface area (Å²) in [4.78, 5) is 0. The van der Waals surface area contributed by atoms with E-state index in [1.54, 1.807) is 0 Å². The Bertz CT molecular complexity index is 6510. The van der Waals surface area contributed by atoms with Crippen LogP contribution in [0.1, 0.15) is 0 Å². The van der Waals surface area contributed by atoms with Crippen LogP contribution in [0.3, 0.4) is 0 Å². The Morgan fingerprint density at radius 3 is 0.798 bits per heavy atom. The smallest absolute Gasteiger partial charge is 0.143 e. The van der Waals surface area contributed by atoms with Gasteiger partial charge in [-0.15, -0.1) is 0 Å². The second-order valence-electron chi connectivity index (χ2n) is 25.5. The topological polar surface area (TPSA) is 39.4 Å². The van der Waals surface area contributed by atoms with Crippen molar-refractivity contribution in [2.45, 2.75) is 0 Å². The van der Waals surface area contributed by atoms with E-state index in [9.17, 15) is 0 Å². The Balaban J connectivity index is 0.000000104. The van der Waals surface area contributed by atoms with Gasteiger partial charge in [0.15, 0.2) is 0 Å². The summed E-state index contributed by atoms with van der Waals surface area (Å²) in [6, 6.07) is 129. The van der Waals surface area contributed by atoms with Gasteiger partial charge in [-0.3, -0.25) is 0 Å². The summed E-state index contributed by atoms with van der Waals surface area (Å²) < 4.78 is 18.8. The molecular weight excluding hydrogens is 1200 g/mol. The lowest BCUT2D eigenvalue weighted by Gasteiger charge is -2.17. The minimum Gasteiger partial charge on any atom is -0.456 e. The third-order valence-electron chi connectivity index (χ3n) is 20.0. The molecule has 0 atom stereocenters. The fourth-order valence-electron chi connectivity index (χ4n) is 15.8. The molecule has 18 aromatic carbocycles. The van der Waals surface area contributed by atoms with E-state index >= 15 is 0 Å². The molecule has 0 aliphatic carbocycles. The van der Waals surface area contributed by atoms with Crippen LogP contribution in [-0.4, -0.2) is 0 Å². The zero-order valence-corrected chi connectivity index (χ0v) is 53.9. The Morgan fingerprint density at radius 2 is 0.394 bits per heavy atom. The first-order valence-electron chi connectivity index (χ1n) is 33.9. The molecule has 0 bridgehead atoms. The molecule has 0 radical (unpaired) electrons. The molecule has 99 heavy (non-hydrogen) atoms. The normalized spacial score (nSPS) is 11.6. The standard InChI is InChI=1S/3C32H20O/c1-2-11-21(12-3-1)30-23-14-4-6-16-25(23)31(26-17-7-5-15-24(26)30)28-19-10-18-27-22-13-8-9-20-29(22)33-32(27)28;1-2-10-21(11-3-1)31-25-13-4-6-15-27(25)32(28-16-7-5-14-26(28)31)22-18-19-24-23-12-8-9-17-29(23)33-30(24)20-22;1-2-10-21(11-3-1)31-24-13-4-6-15-26(24)32(27-16-7-5-14-25(27)31)22-18-19-30-28(20-22)23-12-8-9-17-29(23)33-30/h3*1-20H. The third-order valence-corrected chi connectivity index (χ3v) is 20.0. The van der Waals surface area contributed by atoms with E-state index in [0.29, 0.717) is 0 Å². The predicted octanol–water partition coefficient (Wildman–Crippen LogP) is 27.7. The van der Waals surface area contributed by atoms with E-state index < -0.39 is 0 Å². The maximum Gasteiger partial charge on any atom is 0.143 e.